The molecule has 0 aliphatic heterocycles. The molecule has 0 aliphatic carbocycles. The average Bonchev–Trinajstić information content (AvgIpc) is 2.57. The molecule has 0 atom stereocenters. The number of rotatable bonds is 4. The van der Waals surface area contributed by atoms with Gasteiger partial charge in [0.25, 0.3) is 0 Å². The van der Waals surface area contributed by atoms with E-state index in [-0.39, 0.29) is 18.0 Å². The quantitative estimate of drug-likeness (QED) is 0.745. The summed E-state index contributed by atoms with van der Waals surface area (Å²) in [4.78, 5) is 23.4. The molecule has 126 valence electrons. The third-order valence-electron chi connectivity index (χ3n) is 3.15. The van der Waals surface area contributed by atoms with Gasteiger partial charge in [0.15, 0.2) is 23.1 Å². The highest BCUT2D eigenvalue weighted by molar-refractivity contribution is 6.39. The number of ether oxygens (including phenoxy) is 1. The van der Waals surface area contributed by atoms with Crippen LogP contribution in [0.3, 0.4) is 0 Å². The van der Waals surface area contributed by atoms with E-state index in [2.05, 4.69) is 5.32 Å². The van der Waals surface area contributed by atoms with Crippen molar-refractivity contribution in [3.8, 4) is 11.5 Å². The van der Waals surface area contributed by atoms with E-state index in [1.165, 1.54) is 25.3 Å². The van der Waals surface area contributed by atoms with Crippen LogP contribution in [0.25, 0.3) is 0 Å². The number of benzene rings is 2. The molecule has 0 heterocycles. The lowest BCUT2D eigenvalue weighted by Crippen LogP contribution is -2.35. The van der Waals surface area contributed by atoms with E-state index < -0.39 is 29.1 Å². The van der Waals surface area contributed by atoms with E-state index in [9.17, 15) is 23.5 Å². The van der Waals surface area contributed by atoms with Crippen molar-refractivity contribution < 1.29 is 28.2 Å². The number of hydrogen-bond donors (Lipinski definition) is 3. The van der Waals surface area contributed by atoms with Gasteiger partial charge in [-0.25, -0.2) is 8.78 Å². The van der Waals surface area contributed by atoms with Crippen LogP contribution in [0.1, 0.15) is 5.56 Å². The van der Waals surface area contributed by atoms with Crippen LogP contribution in [0.4, 0.5) is 14.5 Å². The number of nitrogens with one attached hydrogen (secondary N) is 2. The molecular formula is C16H14F2N2O4. The lowest BCUT2D eigenvalue weighted by molar-refractivity contribution is -0.136. The molecule has 0 aliphatic rings. The Labute approximate surface area is 136 Å². The van der Waals surface area contributed by atoms with E-state index in [0.29, 0.717) is 5.56 Å². The van der Waals surface area contributed by atoms with Gasteiger partial charge in [0.2, 0.25) is 0 Å². The second-order valence-corrected chi connectivity index (χ2v) is 4.71. The molecule has 2 rings (SSSR count). The Morgan fingerprint density at radius 1 is 1.12 bits per heavy atom. The van der Waals surface area contributed by atoms with Crippen molar-refractivity contribution >= 4 is 17.5 Å². The molecule has 2 aromatic rings. The normalized spacial score (nSPS) is 10.1. The number of anilines is 1. The van der Waals surface area contributed by atoms with Gasteiger partial charge >= 0.3 is 11.8 Å². The number of phenolic OH excluding ortho intramolecular Hbond substituents is 1. The minimum atomic E-state index is -1.26. The van der Waals surface area contributed by atoms with Gasteiger partial charge in [-0.15, -0.1) is 0 Å². The lowest BCUT2D eigenvalue weighted by Gasteiger charge is -2.10. The van der Waals surface area contributed by atoms with Gasteiger partial charge in [-0.05, 0) is 18.2 Å². The van der Waals surface area contributed by atoms with Crippen LogP contribution in [-0.2, 0) is 16.1 Å². The van der Waals surface area contributed by atoms with Gasteiger partial charge in [0.05, 0.1) is 12.8 Å². The van der Waals surface area contributed by atoms with E-state index in [4.69, 9.17) is 4.74 Å². The highest BCUT2D eigenvalue weighted by Crippen LogP contribution is 2.29. The summed E-state index contributed by atoms with van der Waals surface area (Å²) >= 11 is 0. The number of hydrogen-bond acceptors (Lipinski definition) is 4. The highest BCUT2D eigenvalue weighted by atomic mass is 19.2. The predicted molar refractivity (Wildman–Crippen MR) is 81.5 cm³/mol. The Hall–Kier alpha value is -3.16. The molecule has 2 amide bonds. The maximum absolute atomic E-state index is 13.4. The molecule has 24 heavy (non-hydrogen) atoms. The SMILES string of the molecule is COc1cccc(CNC(=O)C(=O)Nc2cccc(F)c2F)c1O. The summed E-state index contributed by atoms with van der Waals surface area (Å²) in [5.74, 6) is -4.59. The van der Waals surface area contributed by atoms with Crippen molar-refractivity contribution in [1.29, 1.82) is 0 Å². The number of methoxy groups -OCH3 is 1. The topological polar surface area (TPSA) is 87.7 Å². The monoisotopic (exact) mass is 336 g/mol. The van der Waals surface area contributed by atoms with Gasteiger partial charge in [-0.3, -0.25) is 9.59 Å². The molecule has 0 bridgehead atoms. The first-order chi connectivity index (χ1) is 11.4. The van der Waals surface area contributed by atoms with Crippen LogP contribution in [-0.4, -0.2) is 24.0 Å². The number of phenols is 1. The van der Waals surface area contributed by atoms with Crippen molar-refractivity contribution in [3.05, 3.63) is 53.6 Å². The number of aromatic hydroxyl groups is 1. The number of carbonyl (C=O) groups excluding carboxylic acids is 2. The third kappa shape index (κ3) is 3.78. The Bertz CT molecular complexity index is 781. The van der Waals surface area contributed by atoms with E-state index in [1.54, 1.807) is 6.07 Å². The lowest BCUT2D eigenvalue weighted by atomic mass is 10.2. The Balaban J connectivity index is 2.00. The number of halogens is 2. The Kier molecular flexibility index (Phi) is 5.31. The first kappa shape index (κ1) is 17.2. The van der Waals surface area contributed by atoms with E-state index in [0.717, 1.165) is 12.1 Å². The van der Waals surface area contributed by atoms with Crippen molar-refractivity contribution in [2.75, 3.05) is 12.4 Å². The van der Waals surface area contributed by atoms with Crippen molar-refractivity contribution in [1.82, 2.24) is 5.32 Å². The molecule has 8 heteroatoms. The molecule has 3 N–H and O–H groups in total. The number of carbonyl (C=O) groups is 2. The molecular weight excluding hydrogens is 322 g/mol. The molecule has 0 spiro atoms. The van der Waals surface area contributed by atoms with Gasteiger partial charge < -0.3 is 20.5 Å². The summed E-state index contributed by atoms with van der Waals surface area (Å²) in [5.41, 5.74) is -0.119. The molecule has 0 unspecified atom stereocenters. The minimum absolute atomic E-state index is 0.152. The zero-order chi connectivity index (χ0) is 17.7. The first-order valence-electron chi connectivity index (χ1n) is 6.82. The van der Waals surface area contributed by atoms with Crippen LogP contribution in [0.2, 0.25) is 0 Å². The fourth-order valence-corrected chi connectivity index (χ4v) is 1.91. The van der Waals surface area contributed by atoms with Crippen LogP contribution in [0.15, 0.2) is 36.4 Å². The predicted octanol–water partition coefficient (Wildman–Crippen LogP) is 1.93. The maximum atomic E-state index is 13.4. The fraction of sp³-hybridized carbons (Fsp3) is 0.125. The summed E-state index contributed by atoms with van der Waals surface area (Å²) in [6, 6.07) is 7.86. The first-order valence-corrected chi connectivity index (χ1v) is 6.82. The molecule has 0 radical (unpaired) electrons. The van der Waals surface area contributed by atoms with Crippen LogP contribution in [0.5, 0.6) is 11.5 Å². The minimum Gasteiger partial charge on any atom is -0.504 e. The second kappa shape index (κ2) is 7.40. The van der Waals surface area contributed by atoms with Crippen molar-refractivity contribution in [3.63, 3.8) is 0 Å². The molecule has 2 aromatic carbocycles. The van der Waals surface area contributed by atoms with E-state index >= 15 is 0 Å². The molecule has 0 aromatic heterocycles. The number of para-hydroxylation sites is 1. The molecule has 0 saturated carbocycles. The fourth-order valence-electron chi connectivity index (χ4n) is 1.91. The summed E-state index contributed by atoms with van der Waals surface area (Å²) in [6.45, 7) is -0.152. The van der Waals surface area contributed by atoms with Crippen LogP contribution < -0.4 is 15.4 Å². The van der Waals surface area contributed by atoms with Crippen LogP contribution >= 0.6 is 0 Å². The second-order valence-electron chi connectivity index (χ2n) is 4.71. The highest BCUT2D eigenvalue weighted by Gasteiger charge is 2.17. The van der Waals surface area contributed by atoms with Gasteiger partial charge in [-0.2, -0.15) is 0 Å². The van der Waals surface area contributed by atoms with Gasteiger partial charge in [0, 0.05) is 12.1 Å². The summed E-state index contributed by atoms with van der Waals surface area (Å²) in [7, 11) is 1.37. The van der Waals surface area contributed by atoms with E-state index in [1.807, 2.05) is 5.32 Å². The summed E-state index contributed by atoms with van der Waals surface area (Å²) in [5, 5.41) is 14.1. The zero-order valence-corrected chi connectivity index (χ0v) is 12.6. The maximum Gasteiger partial charge on any atom is 0.313 e. The zero-order valence-electron chi connectivity index (χ0n) is 12.6. The van der Waals surface area contributed by atoms with Crippen molar-refractivity contribution in [2.24, 2.45) is 0 Å². The van der Waals surface area contributed by atoms with Gasteiger partial charge in [0.1, 0.15) is 0 Å². The molecule has 0 fully saturated rings. The molecule has 0 saturated heterocycles. The smallest absolute Gasteiger partial charge is 0.313 e. The largest absolute Gasteiger partial charge is 0.504 e. The van der Waals surface area contributed by atoms with Crippen LogP contribution in [0, 0.1) is 11.6 Å². The average molecular weight is 336 g/mol. The number of amides is 2. The Morgan fingerprint density at radius 3 is 2.54 bits per heavy atom. The third-order valence-corrected chi connectivity index (χ3v) is 3.15. The molecule has 6 nitrogen and oxygen atoms in total. The van der Waals surface area contributed by atoms with Gasteiger partial charge in [-0.1, -0.05) is 18.2 Å². The van der Waals surface area contributed by atoms with Crippen molar-refractivity contribution in [2.45, 2.75) is 6.54 Å². The standard InChI is InChI=1S/C16H14F2N2O4/c1-24-12-7-2-4-9(14(12)21)8-19-15(22)16(23)20-11-6-3-5-10(17)13(11)18/h2-7,21H,8H2,1H3,(H,19,22)(H,20,23). The summed E-state index contributed by atoms with van der Waals surface area (Å²) in [6.07, 6.45) is 0. The summed E-state index contributed by atoms with van der Waals surface area (Å²) < 4.78 is 31.4. The Morgan fingerprint density at radius 2 is 1.83 bits per heavy atom.